The lowest BCUT2D eigenvalue weighted by Gasteiger charge is -2.35. The van der Waals surface area contributed by atoms with Crippen LogP contribution in [0.25, 0.3) is 0 Å². The van der Waals surface area contributed by atoms with Crippen LogP contribution < -0.4 is 10.6 Å². The Morgan fingerprint density at radius 2 is 1.96 bits per heavy atom. The largest absolute Gasteiger partial charge is 0.381 e. The Bertz CT molecular complexity index is 414. The van der Waals surface area contributed by atoms with E-state index in [4.69, 9.17) is 9.47 Å². The molecular weight excluding hydrogens is 443 g/mol. The van der Waals surface area contributed by atoms with E-state index in [1.54, 1.807) is 7.11 Å². The van der Waals surface area contributed by atoms with Gasteiger partial charge in [-0.3, -0.25) is 4.99 Å². The number of methoxy groups -OCH3 is 1. The molecule has 154 valence electrons. The van der Waals surface area contributed by atoms with E-state index in [9.17, 15) is 0 Å². The summed E-state index contributed by atoms with van der Waals surface area (Å²) in [5.74, 6) is 1.62. The van der Waals surface area contributed by atoms with E-state index in [0.717, 1.165) is 44.7 Å². The fourth-order valence-corrected chi connectivity index (χ4v) is 3.67. The molecule has 0 radical (unpaired) electrons. The first kappa shape index (κ1) is 23.9. The van der Waals surface area contributed by atoms with Crippen LogP contribution in [0.15, 0.2) is 4.99 Å². The third-order valence-electron chi connectivity index (χ3n) is 5.40. The highest BCUT2D eigenvalue weighted by molar-refractivity contribution is 14.0. The number of aliphatic imine (C=N–C) groups is 1. The van der Waals surface area contributed by atoms with Gasteiger partial charge in [0.25, 0.3) is 0 Å². The Hall–Kier alpha value is -0.120. The first-order chi connectivity index (χ1) is 11.9. The second-order valence-corrected chi connectivity index (χ2v) is 8.49. The van der Waals surface area contributed by atoms with Gasteiger partial charge in [0.2, 0.25) is 0 Å². The van der Waals surface area contributed by atoms with Crippen LogP contribution in [-0.4, -0.2) is 76.6 Å². The molecule has 0 spiro atoms. The Balaban J connectivity index is 0.00000338. The molecular formula is C19H39IN4O2. The lowest BCUT2D eigenvalue weighted by atomic mass is 9.89. The number of likely N-dealkylation sites (tertiary alicyclic amines) is 1. The lowest BCUT2D eigenvalue weighted by Crippen LogP contribution is -2.51. The molecule has 2 unspecified atom stereocenters. The first-order valence-corrected chi connectivity index (χ1v) is 9.72. The zero-order valence-electron chi connectivity index (χ0n) is 17.2. The Morgan fingerprint density at radius 1 is 1.27 bits per heavy atom. The SMILES string of the molecule is CN=C(NCC(OC)C(C)(C)C)NC1CCN(CC2CCOC2)CC1.I. The summed E-state index contributed by atoms with van der Waals surface area (Å²) in [7, 11) is 3.61. The molecule has 0 bridgehead atoms. The van der Waals surface area contributed by atoms with Crippen molar-refractivity contribution < 1.29 is 9.47 Å². The molecule has 7 heteroatoms. The Labute approximate surface area is 176 Å². The second kappa shape index (κ2) is 11.7. The van der Waals surface area contributed by atoms with Crippen molar-refractivity contribution in [3.8, 4) is 0 Å². The van der Waals surface area contributed by atoms with E-state index >= 15 is 0 Å². The highest BCUT2D eigenvalue weighted by Gasteiger charge is 2.26. The van der Waals surface area contributed by atoms with E-state index < -0.39 is 0 Å². The number of piperidine rings is 1. The number of guanidine groups is 1. The van der Waals surface area contributed by atoms with Crippen LogP contribution in [0, 0.1) is 11.3 Å². The summed E-state index contributed by atoms with van der Waals surface area (Å²) in [4.78, 5) is 6.97. The quantitative estimate of drug-likeness (QED) is 0.346. The average molecular weight is 482 g/mol. The van der Waals surface area contributed by atoms with Crippen LogP contribution in [0.1, 0.15) is 40.0 Å². The van der Waals surface area contributed by atoms with Crippen LogP contribution in [0.3, 0.4) is 0 Å². The fraction of sp³-hybridized carbons (Fsp3) is 0.947. The minimum atomic E-state index is 0. The lowest BCUT2D eigenvalue weighted by molar-refractivity contribution is 0.0204. The van der Waals surface area contributed by atoms with Gasteiger partial charge in [0.15, 0.2) is 5.96 Å². The summed E-state index contributed by atoms with van der Waals surface area (Å²) in [5.41, 5.74) is 0.107. The first-order valence-electron chi connectivity index (χ1n) is 9.72. The molecule has 26 heavy (non-hydrogen) atoms. The Kier molecular flexibility index (Phi) is 10.7. The van der Waals surface area contributed by atoms with Gasteiger partial charge in [-0.1, -0.05) is 20.8 Å². The van der Waals surface area contributed by atoms with E-state index in [1.165, 1.54) is 25.8 Å². The zero-order valence-corrected chi connectivity index (χ0v) is 19.5. The van der Waals surface area contributed by atoms with Crippen molar-refractivity contribution in [2.45, 2.75) is 52.2 Å². The number of halogens is 1. The average Bonchev–Trinajstić information content (AvgIpc) is 3.07. The maximum atomic E-state index is 5.61. The molecule has 0 aromatic heterocycles. The molecule has 2 aliphatic heterocycles. The van der Waals surface area contributed by atoms with Gasteiger partial charge in [-0.25, -0.2) is 0 Å². The van der Waals surface area contributed by atoms with E-state index in [2.05, 4.69) is 41.3 Å². The van der Waals surface area contributed by atoms with Crippen molar-refractivity contribution in [1.82, 2.24) is 15.5 Å². The molecule has 0 aromatic rings. The van der Waals surface area contributed by atoms with Gasteiger partial charge in [-0.2, -0.15) is 0 Å². The summed E-state index contributed by atoms with van der Waals surface area (Å²) < 4.78 is 11.1. The molecule has 0 saturated carbocycles. The van der Waals surface area contributed by atoms with Crippen LogP contribution in [-0.2, 0) is 9.47 Å². The minimum absolute atomic E-state index is 0. The van der Waals surface area contributed by atoms with Gasteiger partial charge in [0.1, 0.15) is 0 Å². The van der Waals surface area contributed by atoms with Gasteiger partial charge in [0.05, 0.1) is 12.7 Å². The van der Waals surface area contributed by atoms with Crippen LogP contribution in [0.5, 0.6) is 0 Å². The van der Waals surface area contributed by atoms with E-state index in [1.807, 2.05) is 7.05 Å². The molecule has 2 atom stereocenters. The maximum absolute atomic E-state index is 5.61. The third-order valence-corrected chi connectivity index (χ3v) is 5.40. The molecule has 2 heterocycles. The molecule has 0 aromatic carbocycles. The molecule has 2 fully saturated rings. The van der Waals surface area contributed by atoms with Crippen molar-refractivity contribution in [2.75, 3.05) is 53.6 Å². The monoisotopic (exact) mass is 482 g/mol. The summed E-state index contributed by atoms with van der Waals surface area (Å²) in [6.07, 6.45) is 3.72. The van der Waals surface area contributed by atoms with Crippen LogP contribution in [0.2, 0.25) is 0 Å². The molecule has 0 amide bonds. The van der Waals surface area contributed by atoms with Crippen molar-refractivity contribution in [1.29, 1.82) is 0 Å². The number of nitrogens with zero attached hydrogens (tertiary/aromatic N) is 2. The predicted molar refractivity (Wildman–Crippen MR) is 119 cm³/mol. The number of hydrogen-bond donors (Lipinski definition) is 2. The van der Waals surface area contributed by atoms with Gasteiger partial charge in [-0.15, -0.1) is 24.0 Å². The summed E-state index contributed by atoms with van der Waals surface area (Å²) in [5, 5.41) is 7.01. The number of ether oxygens (including phenoxy) is 2. The van der Waals surface area contributed by atoms with Crippen LogP contribution in [0.4, 0.5) is 0 Å². The summed E-state index contributed by atoms with van der Waals surface area (Å²) >= 11 is 0. The van der Waals surface area contributed by atoms with Crippen LogP contribution >= 0.6 is 24.0 Å². The second-order valence-electron chi connectivity index (χ2n) is 8.49. The number of hydrogen-bond acceptors (Lipinski definition) is 4. The number of nitrogens with one attached hydrogen (secondary N) is 2. The van der Waals surface area contributed by atoms with Crippen molar-refractivity contribution in [2.24, 2.45) is 16.3 Å². The molecule has 2 saturated heterocycles. The summed E-state index contributed by atoms with van der Waals surface area (Å²) in [6.45, 7) is 12.8. The van der Waals surface area contributed by atoms with Crippen molar-refractivity contribution in [3.63, 3.8) is 0 Å². The smallest absolute Gasteiger partial charge is 0.191 e. The third kappa shape index (κ3) is 7.86. The normalized spacial score (nSPS) is 24.2. The highest BCUT2D eigenvalue weighted by atomic mass is 127. The highest BCUT2D eigenvalue weighted by Crippen LogP contribution is 2.21. The predicted octanol–water partition coefficient (Wildman–Crippen LogP) is 2.33. The minimum Gasteiger partial charge on any atom is -0.381 e. The van der Waals surface area contributed by atoms with Gasteiger partial charge >= 0.3 is 0 Å². The van der Waals surface area contributed by atoms with E-state index in [0.29, 0.717) is 6.04 Å². The van der Waals surface area contributed by atoms with Crippen molar-refractivity contribution in [3.05, 3.63) is 0 Å². The van der Waals surface area contributed by atoms with E-state index in [-0.39, 0.29) is 35.5 Å². The summed E-state index contributed by atoms with van der Waals surface area (Å²) in [6, 6.07) is 0.498. The number of rotatable bonds is 6. The standard InChI is InChI=1S/C19H38N4O2.HI/c1-19(2,3)17(24-5)12-21-18(20-4)22-16-6-9-23(10-7-16)13-15-8-11-25-14-15;/h15-17H,6-14H2,1-5H3,(H2,20,21,22);1H. The molecule has 0 aliphatic carbocycles. The molecule has 2 N–H and O–H groups in total. The van der Waals surface area contributed by atoms with Gasteiger partial charge in [0, 0.05) is 53.0 Å². The maximum Gasteiger partial charge on any atom is 0.191 e. The van der Waals surface area contributed by atoms with Gasteiger partial charge in [-0.05, 0) is 30.6 Å². The topological polar surface area (TPSA) is 58.1 Å². The Morgan fingerprint density at radius 3 is 2.46 bits per heavy atom. The molecule has 6 nitrogen and oxygen atoms in total. The zero-order chi connectivity index (χ0) is 18.3. The molecule has 2 aliphatic rings. The fourth-order valence-electron chi connectivity index (χ4n) is 3.67. The van der Waals surface area contributed by atoms with Gasteiger partial charge < -0.3 is 25.0 Å². The van der Waals surface area contributed by atoms with Crippen molar-refractivity contribution >= 4 is 29.9 Å². The molecule has 2 rings (SSSR count).